The fourth-order valence-electron chi connectivity index (χ4n) is 2.55. The predicted octanol–water partition coefficient (Wildman–Crippen LogP) is 1.74. The van der Waals surface area contributed by atoms with E-state index in [-0.39, 0.29) is 18.1 Å². The molecule has 0 aromatic heterocycles. The van der Waals surface area contributed by atoms with E-state index in [2.05, 4.69) is 10.2 Å². The van der Waals surface area contributed by atoms with Crippen molar-refractivity contribution in [2.45, 2.75) is 26.1 Å². The third kappa shape index (κ3) is 3.95. The maximum atomic E-state index is 12.1. The van der Waals surface area contributed by atoms with Crippen molar-refractivity contribution in [1.82, 2.24) is 4.90 Å². The first-order valence-electron chi connectivity index (χ1n) is 6.89. The molecule has 1 amide bonds. The first kappa shape index (κ1) is 14.8. The number of para-hydroxylation sites is 2. The van der Waals surface area contributed by atoms with Crippen molar-refractivity contribution < 1.29 is 14.3 Å². The number of amides is 1. The summed E-state index contributed by atoms with van der Waals surface area (Å²) in [5.74, 6) is 0.639. The van der Waals surface area contributed by atoms with Crippen LogP contribution in [0.2, 0.25) is 0 Å². The summed E-state index contributed by atoms with van der Waals surface area (Å²) in [4.78, 5) is 14.2. The van der Waals surface area contributed by atoms with Crippen LogP contribution in [-0.4, -0.2) is 49.8 Å². The van der Waals surface area contributed by atoms with E-state index in [0.717, 1.165) is 13.1 Å². The second-order valence-corrected chi connectivity index (χ2v) is 5.20. The van der Waals surface area contributed by atoms with Crippen molar-refractivity contribution in [3.8, 4) is 5.75 Å². The number of nitrogens with one attached hydrogen (secondary N) is 1. The van der Waals surface area contributed by atoms with Crippen LogP contribution in [0, 0.1) is 0 Å². The Hall–Kier alpha value is -1.59. The molecule has 1 aromatic rings. The number of hydrogen-bond acceptors (Lipinski definition) is 4. The Morgan fingerprint density at radius 2 is 2.00 bits per heavy atom. The Morgan fingerprint density at radius 1 is 1.35 bits per heavy atom. The highest BCUT2D eigenvalue weighted by Crippen LogP contribution is 2.23. The molecule has 0 bridgehead atoms. The SMILES string of the molecule is COc1ccccc1NC(=O)CN1C[C@@H](C)O[C@@H](C)C1. The van der Waals surface area contributed by atoms with Crippen molar-refractivity contribution in [2.75, 3.05) is 32.1 Å². The highest BCUT2D eigenvalue weighted by molar-refractivity contribution is 5.93. The molecule has 1 N–H and O–H groups in total. The molecular formula is C15H22N2O3. The van der Waals surface area contributed by atoms with E-state index in [1.54, 1.807) is 7.11 Å². The lowest BCUT2D eigenvalue weighted by atomic mass is 10.2. The number of morpholine rings is 1. The lowest BCUT2D eigenvalue weighted by Gasteiger charge is -2.34. The maximum Gasteiger partial charge on any atom is 0.238 e. The van der Waals surface area contributed by atoms with Gasteiger partial charge in [-0.3, -0.25) is 9.69 Å². The topological polar surface area (TPSA) is 50.8 Å². The number of carbonyl (C=O) groups is 1. The molecule has 0 spiro atoms. The molecule has 110 valence electrons. The zero-order valence-electron chi connectivity index (χ0n) is 12.3. The highest BCUT2D eigenvalue weighted by Gasteiger charge is 2.23. The van der Waals surface area contributed by atoms with Crippen LogP contribution in [-0.2, 0) is 9.53 Å². The number of rotatable bonds is 4. The van der Waals surface area contributed by atoms with Gasteiger partial charge in [-0.05, 0) is 26.0 Å². The Balaban J connectivity index is 1.92. The Labute approximate surface area is 119 Å². The smallest absolute Gasteiger partial charge is 0.238 e. The quantitative estimate of drug-likeness (QED) is 0.911. The van der Waals surface area contributed by atoms with E-state index in [1.165, 1.54) is 0 Å². The van der Waals surface area contributed by atoms with Crippen LogP contribution in [0.5, 0.6) is 5.75 Å². The first-order chi connectivity index (χ1) is 9.58. The second kappa shape index (κ2) is 6.72. The zero-order valence-corrected chi connectivity index (χ0v) is 12.3. The van der Waals surface area contributed by atoms with Crippen LogP contribution >= 0.6 is 0 Å². The Kier molecular flexibility index (Phi) is 4.98. The largest absolute Gasteiger partial charge is 0.495 e. The van der Waals surface area contributed by atoms with E-state index in [4.69, 9.17) is 9.47 Å². The number of hydrogen-bond donors (Lipinski definition) is 1. The first-order valence-corrected chi connectivity index (χ1v) is 6.89. The molecule has 5 heteroatoms. The van der Waals surface area contributed by atoms with Crippen molar-refractivity contribution >= 4 is 11.6 Å². The van der Waals surface area contributed by atoms with Crippen molar-refractivity contribution in [3.63, 3.8) is 0 Å². The Morgan fingerprint density at radius 3 is 2.65 bits per heavy atom. The third-order valence-electron chi connectivity index (χ3n) is 3.24. The minimum Gasteiger partial charge on any atom is -0.495 e. The summed E-state index contributed by atoms with van der Waals surface area (Å²) >= 11 is 0. The molecule has 1 heterocycles. The van der Waals surface area contributed by atoms with Crippen molar-refractivity contribution in [1.29, 1.82) is 0 Å². The van der Waals surface area contributed by atoms with Gasteiger partial charge in [0.15, 0.2) is 0 Å². The fraction of sp³-hybridized carbons (Fsp3) is 0.533. The average molecular weight is 278 g/mol. The molecule has 1 aromatic carbocycles. The summed E-state index contributed by atoms with van der Waals surface area (Å²) in [6.45, 7) is 5.99. The van der Waals surface area contributed by atoms with Crippen LogP contribution in [0.1, 0.15) is 13.8 Å². The summed E-state index contributed by atoms with van der Waals surface area (Å²) in [6, 6.07) is 7.41. The number of benzene rings is 1. The van der Waals surface area contributed by atoms with E-state index < -0.39 is 0 Å². The molecule has 1 aliphatic heterocycles. The second-order valence-electron chi connectivity index (χ2n) is 5.20. The number of nitrogens with zero attached hydrogens (tertiary/aromatic N) is 1. The summed E-state index contributed by atoms with van der Waals surface area (Å²) in [5.41, 5.74) is 0.703. The van der Waals surface area contributed by atoms with Crippen LogP contribution in [0.15, 0.2) is 24.3 Å². The molecule has 2 rings (SSSR count). The lowest BCUT2D eigenvalue weighted by molar-refractivity contribution is -0.121. The highest BCUT2D eigenvalue weighted by atomic mass is 16.5. The molecule has 0 unspecified atom stereocenters. The molecule has 2 atom stereocenters. The van der Waals surface area contributed by atoms with Gasteiger partial charge in [-0.25, -0.2) is 0 Å². The summed E-state index contributed by atoms with van der Waals surface area (Å²) < 4.78 is 10.9. The molecule has 5 nitrogen and oxygen atoms in total. The standard InChI is InChI=1S/C15H22N2O3/c1-11-8-17(9-12(2)20-11)10-15(18)16-13-6-4-5-7-14(13)19-3/h4-7,11-12H,8-10H2,1-3H3,(H,16,18)/t11-,12+. The number of methoxy groups -OCH3 is 1. The van der Waals surface area contributed by atoms with Gasteiger partial charge in [0.1, 0.15) is 5.75 Å². The molecule has 0 radical (unpaired) electrons. The van der Waals surface area contributed by atoms with Gasteiger partial charge in [0.2, 0.25) is 5.91 Å². The van der Waals surface area contributed by atoms with Gasteiger partial charge >= 0.3 is 0 Å². The molecule has 1 saturated heterocycles. The lowest BCUT2D eigenvalue weighted by Crippen LogP contribution is -2.48. The number of anilines is 1. The van der Waals surface area contributed by atoms with Crippen LogP contribution < -0.4 is 10.1 Å². The maximum absolute atomic E-state index is 12.1. The summed E-state index contributed by atoms with van der Waals surface area (Å²) in [5, 5.41) is 2.89. The van der Waals surface area contributed by atoms with Crippen LogP contribution in [0.4, 0.5) is 5.69 Å². The normalized spacial score (nSPS) is 23.4. The summed E-state index contributed by atoms with van der Waals surface area (Å²) in [7, 11) is 1.59. The Bertz CT molecular complexity index is 454. The van der Waals surface area contributed by atoms with Crippen LogP contribution in [0.25, 0.3) is 0 Å². The monoisotopic (exact) mass is 278 g/mol. The van der Waals surface area contributed by atoms with Gasteiger partial charge in [-0.1, -0.05) is 12.1 Å². The minimum absolute atomic E-state index is 0.0317. The van der Waals surface area contributed by atoms with Gasteiger partial charge in [-0.15, -0.1) is 0 Å². The van der Waals surface area contributed by atoms with Gasteiger partial charge in [0.25, 0.3) is 0 Å². The van der Waals surface area contributed by atoms with Gasteiger partial charge in [-0.2, -0.15) is 0 Å². The fourth-order valence-corrected chi connectivity index (χ4v) is 2.55. The van der Waals surface area contributed by atoms with Gasteiger partial charge < -0.3 is 14.8 Å². The summed E-state index contributed by atoms with van der Waals surface area (Å²) in [6.07, 6.45) is 0.329. The minimum atomic E-state index is -0.0317. The number of carbonyl (C=O) groups excluding carboxylic acids is 1. The molecule has 0 saturated carbocycles. The van der Waals surface area contributed by atoms with E-state index in [9.17, 15) is 4.79 Å². The van der Waals surface area contributed by atoms with E-state index >= 15 is 0 Å². The third-order valence-corrected chi connectivity index (χ3v) is 3.24. The average Bonchev–Trinajstić information content (AvgIpc) is 2.37. The number of ether oxygens (including phenoxy) is 2. The van der Waals surface area contributed by atoms with Crippen molar-refractivity contribution in [3.05, 3.63) is 24.3 Å². The molecule has 20 heavy (non-hydrogen) atoms. The van der Waals surface area contributed by atoms with E-state index in [0.29, 0.717) is 18.0 Å². The van der Waals surface area contributed by atoms with Gasteiger partial charge in [0.05, 0.1) is 31.5 Å². The molecule has 1 aliphatic rings. The van der Waals surface area contributed by atoms with Gasteiger partial charge in [0, 0.05) is 13.1 Å². The van der Waals surface area contributed by atoms with Crippen LogP contribution in [0.3, 0.4) is 0 Å². The molecular weight excluding hydrogens is 256 g/mol. The van der Waals surface area contributed by atoms with Crippen molar-refractivity contribution in [2.24, 2.45) is 0 Å². The predicted molar refractivity (Wildman–Crippen MR) is 78.1 cm³/mol. The molecule has 1 fully saturated rings. The van der Waals surface area contributed by atoms with E-state index in [1.807, 2.05) is 38.1 Å². The molecule has 0 aliphatic carbocycles. The zero-order chi connectivity index (χ0) is 14.5.